The van der Waals surface area contributed by atoms with Gasteiger partial charge in [-0.15, -0.1) is 0 Å². The topological polar surface area (TPSA) is 73.5 Å². The van der Waals surface area contributed by atoms with Crippen LogP contribution in [-0.4, -0.2) is 17.4 Å². The van der Waals surface area contributed by atoms with Crippen LogP contribution in [0.15, 0.2) is 0 Å². The Bertz CT molecular complexity index is 65.7. The average Bonchev–Trinajstić information content (AvgIpc) is 1.35. The Morgan fingerprint density at radius 2 is 2.17 bits per heavy atom. The second kappa shape index (κ2) is 2.51. The van der Waals surface area contributed by atoms with Crippen molar-refractivity contribution >= 4 is 7.32 Å². The summed E-state index contributed by atoms with van der Waals surface area (Å²) in [5, 5.41) is 22.8. The van der Waals surface area contributed by atoms with E-state index in [9.17, 15) is 0 Å². The van der Waals surface area contributed by atoms with Crippen LogP contribution in [0.25, 0.3) is 0 Å². The second-order valence-electron chi connectivity index (χ2n) is 0.535. The third-order valence-electron chi connectivity index (χ3n) is 0.158. The van der Waals surface area contributed by atoms with Gasteiger partial charge >= 0.3 is 7.32 Å². The monoisotopic (exact) mass is 87.0 g/mol. The molecule has 0 rings (SSSR count). The van der Waals surface area contributed by atoms with Gasteiger partial charge in [-0.05, 0) is 0 Å². The fraction of sp³-hybridized carbons (Fsp3) is 0. The maximum Gasteiger partial charge on any atom is 0.717 e. The van der Waals surface area contributed by atoms with Crippen LogP contribution in [0.4, 0.5) is 0 Å². The lowest BCUT2D eigenvalue weighted by Gasteiger charge is -1.83. The van der Waals surface area contributed by atoms with Crippen molar-refractivity contribution in [3.63, 3.8) is 0 Å². The van der Waals surface area contributed by atoms with Gasteiger partial charge in [-0.1, -0.05) is 0 Å². The zero-order chi connectivity index (χ0) is 4.99. The maximum absolute atomic E-state index is 7.66. The molecule has 0 heterocycles. The van der Waals surface area contributed by atoms with Crippen molar-refractivity contribution in [3.8, 4) is 6.26 Å². The lowest BCUT2D eigenvalue weighted by molar-refractivity contribution is 0.267. The number of hydrogen-bond donors (Lipinski definition) is 2. The number of nitrogens with zero attached hydrogens (tertiary/aromatic N) is 1. The molecule has 0 fully saturated rings. The van der Waals surface area contributed by atoms with E-state index < -0.39 is 7.32 Å². The first-order chi connectivity index (χ1) is 2.77. The summed E-state index contributed by atoms with van der Waals surface area (Å²) < 4.78 is 3.46. The van der Waals surface area contributed by atoms with Gasteiger partial charge in [-0.3, -0.25) is 0 Å². The van der Waals surface area contributed by atoms with E-state index in [1.165, 1.54) is 0 Å². The highest BCUT2D eigenvalue weighted by Gasteiger charge is 2.06. The summed E-state index contributed by atoms with van der Waals surface area (Å²) in [5.74, 6) is 0. The molecular weight excluding hydrogens is 84.8 g/mol. The van der Waals surface area contributed by atoms with Crippen LogP contribution in [0.5, 0.6) is 0 Å². The molecule has 32 valence electrons. The molecule has 2 N–H and O–H groups in total. The highest BCUT2D eigenvalue weighted by atomic mass is 16.6. The Kier molecular flexibility index (Phi) is 2.21. The molecule has 0 amide bonds. The van der Waals surface area contributed by atoms with Gasteiger partial charge < -0.3 is 14.7 Å². The molecule has 0 saturated heterocycles. The summed E-state index contributed by atoms with van der Waals surface area (Å²) in [5.41, 5.74) is 0. The zero-order valence-corrected chi connectivity index (χ0v) is 2.83. The SMILES string of the molecule is N#COB(O)O. The molecule has 0 saturated carbocycles. The van der Waals surface area contributed by atoms with Crippen LogP contribution in [-0.2, 0) is 4.65 Å². The molecule has 0 aliphatic rings. The molecule has 0 spiro atoms. The minimum atomic E-state index is -1.96. The zero-order valence-electron chi connectivity index (χ0n) is 2.83. The van der Waals surface area contributed by atoms with Gasteiger partial charge in [0.15, 0.2) is 0 Å². The van der Waals surface area contributed by atoms with Crippen LogP contribution in [0.1, 0.15) is 0 Å². The van der Waals surface area contributed by atoms with Crippen molar-refractivity contribution in [2.45, 2.75) is 0 Å². The van der Waals surface area contributed by atoms with Gasteiger partial charge in [0.1, 0.15) is 0 Å². The molecule has 0 aliphatic heterocycles. The van der Waals surface area contributed by atoms with E-state index in [-0.39, 0.29) is 0 Å². The van der Waals surface area contributed by atoms with Crippen molar-refractivity contribution in [2.75, 3.05) is 0 Å². The van der Waals surface area contributed by atoms with Crippen LogP contribution in [0.3, 0.4) is 0 Å². The van der Waals surface area contributed by atoms with Crippen LogP contribution in [0, 0.1) is 11.5 Å². The Morgan fingerprint density at radius 1 is 1.67 bits per heavy atom. The quantitative estimate of drug-likeness (QED) is 0.300. The second-order valence-corrected chi connectivity index (χ2v) is 0.535. The van der Waals surface area contributed by atoms with Crippen molar-refractivity contribution in [3.05, 3.63) is 0 Å². The van der Waals surface area contributed by atoms with Crippen molar-refractivity contribution in [1.29, 1.82) is 5.26 Å². The van der Waals surface area contributed by atoms with Crippen molar-refractivity contribution in [1.82, 2.24) is 0 Å². The minimum Gasteiger partial charge on any atom is -0.442 e. The number of rotatable bonds is 1. The van der Waals surface area contributed by atoms with E-state index in [0.717, 1.165) is 6.26 Å². The van der Waals surface area contributed by atoms with Gasteiger partial charge in [0, 0.05) is 0 Å². The molecular formula is CH2BNO3. The molecule has 0 aromatic rings. The van der Waals surface area contributed by atoms with E-state index in [1.807, 2.05) is 0 Å². The van der Waals surface area contributed by atoms with E-state index >= 15 is 0 Å². The van der Waals surface area contributed by atoms with Crippen LogP contribution >= 0.6 is 0 Å². The fourth-order valence-electron chi connectivity index (χ4n) is 0.0471. The molecule has 0 bridgehead atoms. The Labute approximate surface area is 34.8 Å². The highest BCUT2D eigenvalue weighted by molar-refractivity contribution is 6.33. The summed E-state index contributed by atoms with van der Waals surface area (Å²) in [4.78, 5) is 0. The van der Waals surface area contributed by atoms with Crippen molar-refractivity contribution in [2.24, 2.45) is 0 Å². The van der Waals surface area contributed by atoms with E-state index in [4.69, 9.17) is 15.3 Å². The summed E-state index contributed by atoms with van der Waals surface area (Å²) in [6.07, 6.45) is 1.07. The van der Waals surface area contributed by atoms with Gasteiger partial charge in [0.05, 0.1) is 0 Å². The maximum atomic E-state index is 7.66. The lowest BCUT2D eigenvalue weighted by Crippen LogP contribution is -2.12. The first-order valence-electron chi connectivity index (χ1n) is 1.18. The van der Waals surface area contributed by atoms with E-state index in [0.29, 0.717) is 0 Å². The summed E-state index contributed by atoms with van der Waals surface area (Å²) in [6, 6.07) is 0. The Balaban J connectivity index is 2.88. The summed E-state index contributed by atoms with van der Waals surface area (Å²) in [7, 11) is -1.96. The van der Waals surface area contributed by atoms with E-state index in [1.54, 1.807) is 0 Å². The standard InChI is InChI=1S/CH2BNO3/c3-1-6-2(4)5/h4-5H. The van der Waals surface area contributed by atoms with Gasteiger partial charge in [0.2, 0.25) is 0 Å². The molecule has 0 aromatic carbocycles. The van der Waals surface area contributed by atoms with Crippen LogP contribution in [0.2, 0.25) is 0 Å². The first-order valence-corrected chi connectivity index (χ1v) is 1.18. The lowest BCUT2D eigenvalue weighted by atomic mass is 10.3. The third-order valence-corrected chi connectivity index (χ3v) is 0.158. The van der Waals surface area contributed by atoms with Gasteiger partial charge in [-0.2, -0.15) is 5.26 Å². The first kappa shape index (κ1) is 5.27. The van der Waals surface area contributed by atoms with Crippen LogP contribution < -0.4 is 0 Å². The molecule has 0 aromatic heterocycles. The number of hydrogen-bond acceptors (Lipinski definition) is 4. The molecule has 5 heteroatoms. The number of nitriles is 1. The summed E-state index contributed by atoms with van der Waals surface area (Å²) >= 11 is 0. The molecule has 0 atom stereocenters. The predicted molar refractivity (Wildman–Crippen MR) is 16.9 cm³/mol. The normalized spacial score (nSPS) is 6.17. The third kappa shape index (κ3) is 3.27. The molecule has 6 heavy (non-hydrogen) atoms. The van der Waals surface area contributed by atoms with Gasteiger partial charge in [0.25, 0.3) is 6.26 Å². The highest BCUT2D eigenvalue weighted by Crippen LogP contribution is 1.64. The molecule has 0 aliphatic carbocycles. The Hall–Kier alpha value is -0.725. The molecule has 4 nitrogen and oxygen atoms in total. The Morgan fingerprint density at radius 3 is 2.17 bits per heavy atom. The fourth-order valence-corrected chi connectivity index (χ4v) is 0.0471. The predicted octanol–water partition coefficient (Wildman–Crippen LogP) is -1.55. The summed E-state index contributed by atoms with van der Waals surface area (Å²) in [6.45, 7) is 0. The minimum absolute atomic E-state index is 1.07. The molecule has 0 unspecified atom stereocenters. The molecule has 0 radical (unpaired) electrons. The largest absolute Gasteiger partial charge is 0.717 e. The van der Waals surface area contributed by atoms with E-state index in [2.05, 4.69) is 4.65 Å². The smallest absolute Gasteiger partial charge is 0.442 e. The average molecular weight is 86.8 g/mol. The van der Waals surface area contributed by atoms with Crippen molar-refractivity contribution < 1.29 is 14.7 Å². The van der Waals surface area contributed by atoms with Gasteiger partial charge in [-0.25, -0.2) is 0 Å².